The maximum absolute atomic E-state index is 3.62. The number of rotatable bonds is 5. The second-order valence-electron chi connectivity index (χ2n) is 2.71. The summed E-state index contributed by atoms with van der Waals surface area (Å²) < 4.78 is 0. The number of hydrogen-bond acceptors (Lipinski definition) is 0. The second-order valence-corrected chi connectivity index (χ2v) is 2.71. The van der Waals surface area contributed by atoms with E-state index in [-0.39, 0.29) is 0 Å². The molecule has 1 atom stereocenters. The molecule has 0 fully saturated rings. The van der Waals surface area contributed by atoms with Crippen LogP contribution in [0.4, 0.5) is 0 Å². The van der Waals surface area contributed by atoms with Crippen LogP contribution in [-0.4, -0.2) is 0 Å². The molecule has 0 N–H and O–H groups in total. The normalized spacial score (nSPS) is 14.8. The topological polar surface area (TPSA) is 0 Å². The van der Waals surface area contributed by atoms with Crippen molar-refractivity contribution in [1.29, 1.82) is 0 Å². The fourth-order valence-electron chi connectivity index (χ4n) is 0.826. The van der Waals surface area contributed by atoms with Crippen molar-refractivity contribution in [2.45, 2.75) is 20.3 Å². The fraction of sp³-hybridized carbons (Fsp3) is 0.333. The average Bonchev–Trinajstić information content (AvgIpc) is 2.09. The van der Waals surface area contributed by atoms with Crippen LogP contribution in [0.5, 0.6) is 0 Å². The molecule has 0 bridgehead atoms. The Kier molecular flexibility index (Phi) is 7.36. The minimum Gasteiger partial charge on any atom is -0.0991 e. The smallest absolute Gasteiger partial charge is 0.00787 e. The van der Waals surface area contributed by atoms with Gasteiger partial charge in [-0.1, -0.05) is 56.0 Å². The Morgan fingerprint density at radius 3 is 2.58 bits per heavy atom. The number of allylic oxidation sites excluding steroid dienone is 7. The molecule has 12 heavy (non-hydrogen) atoms. The highest BCUT2D eigenvalue weighted by Gasteiger charge is 1.85. The molecule has 0 radical (unpaired) electrons. The van der Waals surface area contributed by atoms with E-state index < -0.39 is 0 Å². The zero-order valence-electron chi connectivity index (χ0n) is 8.03. The monoisotopic (exact) mass is 162 g/mol. The summed E-state index contributed by atoms with van der Waals surface area (Å²) in [7, 11) is 0. The van der Waals surface area contributed by atoms with E-state index in [1.165, 1.54) is 0 Å². The maximum atomic E-state index is 3.62. The summed E-state index contributed by atoms with van der Waals surface area (Å²) in [5.74, 6) is 0.508. The summed E-state index contributed by atoms with van der Waals surface area (Å²) in [6, 6.07) is 0. The Balaban J connectivity index is 3.66. The molecule has 0 saturated carbocycles. The third kappa shape index (κ3) is 7.07. The van der Waals surface area contributed by atoms with Gasteiger partial charge in [-0.3, -0.25) is 0 Å². The summed E-state index contributed by atoms with van der Waals surface area (Å²) in [6.07, 6.45) is 15.5. The van der Waals surface area contributed by atoms with Gasteiger partial charge in [-0.05, 0) is 19.3 Å². The highest BCUT2D eigenvalue weighted by Crippen LogP contribution is 2.00. The lowest BCUT2D eigenvalue weighted by Crippen LogP contribution is -1.80. The van der Waals surface area contributed by atoms with Crippen molar-refractivity contribution in [1.82, 2.24) is 0 Å². The predicted octanol–water partition coefficient (Wildman–Crippen LogP) is 3.89. The van der Waals surface area contributed by atoms with Crippen molar-refractivity contribution in [2.24, 2.45) is 5.92 Å². The Bertz CT molecular complexity index is 182. The van der Waals surface area contributed by atoms with Crippen LogP contribution in [0.15, 0.2) is 49.1 Å². The van der Waals surface area contributed by atoms with Gasteiger partial charge in [0.2, 0.25) is 0 Å². The van der Waals surface area contributed by atoms with Crippen LogP contribution in [-0.2, 0) is 0 Å². The molecule has 66 valence electrons. The fourth-order valence-corrected chi connectivity index (χ4v) is 0.826. The SMILES string of the molecule is C=C/C=C/C(C)/C=C\C/C=C\C. The molecule has 0 amide bonds. The summed E-state index contributed by atoms with van der Waals surface area (Å²) in [6.45, 7) is 7.82. The van der Waals surface area contributed by atoms with Crippen LogP contribution in [0.1, 0.15) is 20.3 Å². The molecule has 0 nitrogen and oxygen atoms in total. The first-order valence-corrected chi connectivity index (χ1v) is 4.38. The van der Waals surface area contributed by atoms with E-state index in [1.807, 2.05) is 13.0 Å². The van der Waals surface area contributed by atoms with Crippen molar-refractivity contribution >= 4 is 0 Å². The van der Waals surface area contributed by atoms with Gasteiger partial charge < -0.3 is 0 Å². The van der Waals surface area contributed by atoms with Gasteiger partial charge in [-0.15, -0.1) is 0 Å². The molecule has 0 aromatic carbocycles. The van der Waals surface area contributed by atoms with Crippen LogP contribution in [0.3, 0.4) is 0 Å². The molecule has 0 aromatic rings. The third-order valence-electron chi connectivity index (χ3n) is 1.50. The van der Waals surface area contributed by atoms with Gasteiger partial charge in [-0.2, -0.15) is 0 Å². The minimum atomic E-state index is 0.508. The molecular formula is C12H18. The van der Waals surface area contributed by atoms with Crippen LogP contribution < -0.4 is 0 Å². The lowest BCUT2D eigenvalue weighted by molar-refractivity contribution is 0.934. The molecule has 0 heterocycles. The van der Waals surface area contributed by atoms with Gasteiger partial charge in [0.25, 0.3) is 0 Å². The lowest BCUT2D eigenvalue weighted by atomic mass is 10.1. The van der Waals surface area contributed by atoms with Gasteiger partial charge in [0.1, 0.15) is 0 Å². The van der Waals surface area contributed by atoms with Crippen molar-refractivity contribution in [3.05, 3.63) is 49.1 Å². The molecule has 0 aromatic heterocycles. The predicted molar refractivity (Wildman–Crippen MR) is 57.1 cm³/mol. The largest absolute Gasteiger partial charge is 0.0991 e. The zero-order chi connectivity index (χ0) is 9.23. The van der Waals surface area contributed by atoms with Crippen LogP contribution in [0, 0.1) is 5.92 Å². The Morgan fingerprint density at radius 1 is 1.25 bits per heavy atom. The maximum Gasteiger partial charge on any atom is -0.00787 e. The molecule has 0 aliphatic rings. The van der Waals surface area contributed by atoms with Crippen molar-refractivity contribution in [3.63, 3.8) is 0 Å². The standard InChI is InChI=1S/C12H18/c1-4-6-8-9-11-12(3)10-7-5-2/h4-7,9-12H,2,8H2,1,3H3/b6-4-,10-7+,11-9-. The summed E-state index contributed by atoms with van der Waals surface area (Å²) in [5, 5.41) is 0. The van der Waals surface area contributed by atoms with E-state index in [0.717, 1.165) is 6.42 Å². The van der Waals surface area contributed by atoms with E-state index in [2.05, 4.69) is 43.9 Å². The van der Waals surface area contributed by atoms with E-state index in [4.69, 9.17) is 0 Å². The molecule has 0 aliphatic heterocycles. The first-order chi connectivity index (χ1) is 5.81. The average molecular weight is 162 g/mol. The summed E-state index contributed by atoms with van der Waals surface area (Å²) in [5.41, 5.74) is 0. The van der Waals surface area contributed by atoms with E-state index in [1.54, 1.807) is 6.08 Å². The Morgan fingerprint density at radius 2 is 2.00 bits per heavy atom. The zero-order valence-corrected chi connectivity index (χ0v) is 8.03. The Labute approximate surface area is 76.0 Å². The third-order valence-corrected chi connectivity index (χ3v) is 1.50. The minimum absolute atomic E-state index is 0.508. The Hall–Kier alpha value is -1.04. The van der Waals surface area contributed by atoms with E-state index in [9.17, 15) is 0 Å². The molecular weight excluding hydrogens is 144 g/mol. The van der Waals surface area contributed by atoms with Gasteiger partial charge in [-0.25, -0.2) is 0 Å². The molecule has 0 aliphatic carbocycles. The number of hydrogen-bond donors (Lipinski definition) is 0. The van der Waals surface area contributed by atoms with E-state index in [0.29, 0.717) is 5.92 Å². The highest BCUT2D eigenvalue weighted by molar-refractivity contribution is 5.05. The van der Waals surface area contributed by atoms with Crippen LogP contribution in [0.25, 0.3) is 0 Å². The van der Waals surface area contributed by atoms with Crippen LogP contribution in [0.2, 0.25) is 0 Å². The quantitative estimate of drug-likeness (QED) is 0.425. The molecule has 0 heteroatoms. The van der Waals surface area contributed by atoms with E-state index >= 15 is 0 Å². The van der Waals surface area contributed by atoms with Gasteiger partial charge in [0, 0.05) is 0 Å². The summed E-state index contributed by atoms with van der Waals surface area (Å²) >= 11 is 0. The van der Waals surface area contributed by atoms with Crippen molar-refractivity contribution in [3.8, 4) is 0 Å². The molecule has 0 saturated heterocycles. The summed E-state index contributed by atoms with van der Waals surface area (Å²) in [4.78, 5) is 0. The molecule has 1 unspecified atom stereocenters. The van der Waals surface area contributed by atoms with Crippen molar-refractivity contribution < 1.29 is 0 Å². The second kappa shape index (κ2) is 8.06. The van der Waals surface area contributed by atoms with Gasteiger partial charge in [0.15, 0.2) is 0 Å². The first-order valence-electron chi connectivity index (χ1n) is 4.38. The molecule has 0 rings (SSSR count). The van der Waals surface area contributed by atoms with Crippen molar-refractivity contribution in [2.75, 3.05) is 0 Å². The molecule has 0 spiro atoms. The highest BCUT2D eigenvalue weighted by atomic mass is 13.9. The van der Waals surface area contributed by atoms with Crippen LogP contribution >= 0.6 is 0 Å². The first kappa shape index (κ1) is 11.0. The lowest BCUT2D eigenvalue weighted by Gasteiger charge is -1.94. The van der Waals surface area contributed by atoms with Gasteiger partial charge >= 0.3 is 0 Å². The van der Waals surface area contributed by atoms with Gasteiger partial charge in [0.05, 0.1) is 0 Å².